The number of benzene rings is 1. The number of hydrogen-bond acceptors (Lipinski definition) is 2. The maximum atomic E-state index is 10.8. The van der Waals surface area contributed by atoms with Crippen molar-refractivity contribution in [3.63, 3.8) is 0 Å². The smallest absolute Gasteiger partial charge is 0.335 e. The second kappa shape index (κ2) is 5.35. The summed E-state index contributed by atoms with van der Waals surface area (Å²) in [6.45, 7) is 8.06. The van der Waals surface area contributed by atoms with E-state index in [-0.39, 0.29) is 0 Å². The Bertz CT molecular complexity index is 408. The number of rotatable bonds is 5. The van der Waals surface area contributed by atoms with Gasteiger partial charge in [-0.1, -0.05) is 5.57 Å². The van der Waals surface area contributed by atoms with Gasteiger partial charge in [-0.25, -0.2) is 4.79 Å². The molecule has 1 aromatic rings. The Kier molecular flexibility index (Phi) is 4.11. The van der Waals surface area contributed by atoms with E-state index >= 15 is 0 Å². The van der Waals surface area contributed by atoms with E-state index in [4.69, 9.17) is 9.84 Å². The number of carboxylic acid groups (broad SMARTS) is 1. The van der Waals surface area contributed by atoms with Gasteiger partial charge < -0.3 is 9.84 Å². The largest absolute Gasteiger partial charge is 0.493 e. The molecule has 86 valence electrons. The zero-order valence-electron chi connectivity index (χ0n) is 9.62. The van der Waals surface area contributed by atoms with Gasteiger partial charge in [0.25, 0.3) is 0 Å². The van der Waals surface area contributed by atoms with E-state index in [0.717, 1.165) is 12.0 Å². The number of aromatic carboxylic acids is 1. The minimum absolute atomic E-state index is 0.312. The molecule has 0 bridgehead atoms. The van der Waals surface area contributed by atoms with Crippen LogP contribution in [0.3, 0.4) is 0 Å². The monoisotopic (exact) mass is 220 g/mol. The van der Waals surface area contributed by atoms with E-state index in [1.54, 1.807) is 25.1 Å². The van der Waals surface area contributed by atoms with Crippen molar-refractivity contribution in [2.24, 2.45) is 0 Å². The van der Waals surface area contributed by atoms with Crippen LogP contribution in [0.2, 0.25) is 0 Å². The topological polar surface area (TPSA) is 46.5 Å². The molecular formula is C13H16O3. The van der Waals surface area contributed by atoms with Crippen molar-refractivity contribution in [3.05, 3.63) is 41.5 Å². The zero-order chi connectivity index (χ0) is 12.1. The lowest BCUT2D eigenvalue weighted by Crippen LogP contribution is -2.02. The Balaban J connectivity index is 2.66. The van der Waals surface area contributed by atoms with Gasteiger partial charge in [-0.3, -0.25) is 0 Å². The Morgan fingerprint density at radius 3 is 2.69 bits per heavy atom. The minimum atomic E-state index is -0.911. The van der Waals surface area contributed by atoms with Gasteiger partial charge in [0.15, 0.2) is 0 Å². The molecule has 0 spiro atoms. The third-order valence-electron chi connectivity index (χ3n) is 2.23. The van der Waals surface area contributed by atoms with Crippen molar-refractivity contribution in [1.82, 2.24) is 0 Å². The molecule has 0 radical (unpaired) electrons. The van der Waals surface area contributed by atoms with Crippen molar-refractivity contribution >= 4 is 5.97 Å². The minimum Gasteiger partial charge on any atom is -0.493 e. The maximum Gasteiger partial charge on any atom is 0.335 e. The van der Waals surface area contributed by atoms with Crippen LogP contribution < -0.4 is 4.74 Å². The molecule has 0 aliphatic carbocycles. The summed E-state index contributed by atoms with van der Waals surface area (Å²) in [6, 6.07) is 4.98. The average molecular weight is 220 g/mol. The summed E-state index contributed by atoms with van der Waals surface area (Å²) in [6.07, 6.45) is 0.805. The van der Waals surface area contributed by atoms with E-state index in [1.807, 2.05) is 6.92 Å². The second-order valence-corrected chi connectivity index (χ2v) is 3.84. The highest BCUT2D eigenvalue weighted by molar-refractivity contribution is 5.89. The summed E-state index contributed by atoms with van der Waals surface area (Å²) in [5, 5.41) is 8.85. The van der Waals surface area contributed by atoms with Gasteiger partial charge in [-0.15, -0.1) is 6.58 Å². The van der Waals surface area contributed by atoms with E-state index in [2.05, 4.69) is 6.58 Å². The first-order chi connectivity index (χ1) is 7.50. The van der Waals surface area contributed by atoms with Gasteiger partial charge in [-0.2, -0.15) is 0 Å². The molecular weight excluding hydrogens is 204 g/mol. The van der Waals surface area contributed by atoms with Gasteiger partial charge in [-0.05, 0) is 37.6 Å². The summed E-state index contributed by atoms with van der Waals surface area (Å²) in [5.41, 5.74) is 2.09. The predicted molar refractivity (Wildman–Crippen MR) is 63.1 cm³/mol. The molecule has 16 heavy (non-hydrogen) atoms. The average Bonchev–Trinajstić information content (AvgIpc) is 2.16. The molecule has 0 fully saturated rings. The first-order valence-corrected chi connectivity index (χ1v) is 5.12. The van der Waals surface area contributed by atoms with Crippen LogP contribution in [0.25, 0.3) is 0 Å². The molecule has 3 nitrogen and oxygen atoms in total. The first kappa shape index (κ1) is 12.3. The SMILES string of the molecule is C=C(C)CCOc1ccc(C(=O)O)c(C)c1. The third-order valence-corrected chi connectivity index (χ3v) is 2.23. The highest BCUT2D eigenvalue weighted by Crippen LogP contribution is 2.17. The van der Waals surface area contributed by atoms with Crippen LogP contribution in [0.5, 0.6) is 5.75 Å². The predicted octanol–water partition coefficient (Wildman–Crippen LogP) is 3.04. The molecule has 0 saturated heterocycles. The number of ether oxygens (including phenoxy) is 1. The van der Waals surface area contributed by atoms with E-state index < -0.39 is 5.97 Å². The lowest BCUT2D eigenvalue weighted by atomic mass is 10.1. The van der Waals surface area contributed by atoms with Crippen LogP contribution >= 0.6 is 0 Å². The van der Waals surface area contributed by atoms with Crippen LogP contribution in [0, 0.1) is 6.92 Å². The highest BCUT2D eigenvalue weighted by atomic mass is 16.5. The lowest BCUT2D eigenvalue weighted by Gasteiger charge is -2.08. The number of aryl methyl sites for hydroxylation is 1. The molecule has 0 amide bonds. The van der Waals surface area contributed by atoms with Crippen molar-refractivity contribution in [2.45, 2.75) is 20.3 Å². The molecule has 0 unspecified atom stereocenters. The Morgan fingerprint density at radius 1 is 1.50 bits per heavy atom. The molecule has 0 saturated carbocycles. The number of carbonyl (C=O) groups is 1. The van der Waals surface area contributed by atoms with Gasteiger partial charge in [0.2, 0.25) is 0 Å². The fourth-order valence-electron chi connectivity index (χ4n) is 1.31. The fourth-order valence-corrected chi connectivity index (χ4v) is 1.31. The van der Waals surface area contributed by atoms with Crippen LogP contribution in [0.1, 0.15) is 29.3 Å². The second-order valence-electron chi connectivity index (χ2n) is 3.84. The van der Waals surface area contributed by atoms with Crippen molar-refractivity contribution in [3.8, 4) is 5.75 Å². The van der Waals surface area contributed by atoms with Crippen molar-refractivity contribution in [2.75, 3.05) is 6.61 Å². The van der Waals surface area contributed by atoms with E-state index in [1.165, 1.54) is 0 Å². The summed E-state index contributed by atoms with van der Waals surface area (Å²) >= 11 is 0. The van der Waals surface area contributed by atoms with Crippen molar-refractivity contribution in [1.29, 1.82) is 0 Å². The quantitative estimate of drug-likeness (QED) is 0.776. The molecule has 0 aliphatic rings. The molecule has 0 heterocycles. The van der Waals surface area contributed by atoms with Gasteiger partial charge in [0.05, 0.1) is 12.2 Å². The molecule has 1 N–H and O–H groups in total. The highest BCUT2D eigenvalue weighted by Gasteiger charge is 2.07. The molecule has 3 heteroatoms. The Labute approximate surface area is 95.4 Å². The Hall–Kier alpha value is -1.77. The fraction of sp³-hybridized carbons (Fsp3) is 0.308. The number of carboxylic acids is 1. The zero-order valence-corrected chi connectivity index (χ0v) is 9.62. The van der Waals surface area contributed by atoms with Crippen LogP contribution in [0.4, 0.5) is 0 Å². The molecule has 0 aliphatic heterocycles. The van der Waals surface area contributed by atoms with Crippen molar-refractivity contribution < 1.29 is 14.6 Å². The summed E-state index contributed by atoms with van der Waals surface area (Å²) < 4.78 is 5.48. The maximum absolute atomic E-state index is 10.8. The van der Waals surface area contributed by atoms with Crippen LogP contribution in [0.15, 0.2) is 30.4 Å². The van der Waals surface area contributed by atoms with Crippen LogP contribution in [-0.4, -0.2) is 17.7 Å². The molecule has 1 aromatic carbocycles. The summed E-state index contributed by atoms with van der Waals surface area (Å²) in [7, 11) is 0. The normalized spacial score (nSPS) is 9.88. The Morgan fingerprint density at radius 2 is 2.19 bits per heavy atom. The number of hydrogen-bond donors (Lipinski definition) is 1. The summed E-state index contributed by atoms with van der Waals surface area (Å²) in [5.74, 6) is -0.213. The van der Waals surface area contributed by atoms with Gasteiger partial charge in [0, 0.05) is 6.42 Å². The molecule has 0 aromatic heterocycles. The molecule has 1 rings (SSSR count). The lowest BCUT2D eigenvalue weighted by molar-refractivity contribution is 0.0696. The third kappa shape index (κ3) is 3.42. The first-order valence-electron chi connectivity index (χ1n) is 5.12. The standard InChI is InChI=1S/C13H16O3/c1-9(2)6-7-16-11-4-5-12(13(14)15)10(3)8-11/h4-5,8H,1,6-7H2,2-3H3,(H,14,15). The summed E-state index contributed by atoms with van der Waals surface area (Å²) in [4.78, 5) is 10.8. The van der Waals surface area contributed by atoms with E-state index in [0.29, 0.717) is 23.5 Å². The van der Waals surface area contributed by atoms with E-state index in [9.17, 15) is 4.79 Å². The van der Waals surface area contributed by atoms with Gasteiger partial charge >= 0.3 is 5.97 Å². The molecule has 0 atom stereocenters. The van der Waals surface area contributed by atoms with Crippen LogP contribution in [-0.2, 0) is 0 Å². The van der Waals surface area contributed by atoms with Gasteiger partial charge in [0.1, 0.15) is 5.75 Å².